The third kappa shape index (κ3) is 3.55. The lowest BCUT2D eigenvalue weighted by atomic mass is 9.84. The quantitative estimate of drug-likeness (QED) is 0.773. The van der Waals surface area contributed by atoms with E-state index in [2.05, 4.69) is 0 Å². The van der Waals surface area contributed by atoms with E-state index in [0.29, 0.717) is 41.7 Å². The van der Waals surface area contributed by atoms with Gasteiger partial charge >= 0.3 is 0 Å². The van der Waals surface area contributed by atoms with Crippen molar-refractivity contribution >= 4 is 40.7 Å². The van der Waals surface area contributed by atoms with E-state index in [-0.39, 0.29) is 18.2 Å². The molecule has 5 nitrogen and oxygen atoms in total. The number of carbonyl (C=O) groups excluding carboxylic acids is 2. The summed E-state index contributed by atoms with van der Waals surface area (Å²) in [5.41, 5.74) is 0.424. The Morgan fingerprint density at radius 1 is 0.893 bits per heavy atom. The van der Waals surface area contributed by atoms with Crippen molar-refractivity contribution in [1.29, 1.82) is 0 Å². The highest BCUT2D eigenvalue weighted by Crippen LogP contribution is 2.36. The Bertz CT molecular complexity index is 891. The SMILES string of the molecule is O=C1C[C@@H](N2CCC(O)(c3ccc(Cl)cc3)CC2)C(=O)N1c1ccc(Cl)cc1. The zero-order valence-corrected chi connectivity index (χ0v) is 16.7. The lowest BCUT2D eigenvalue weighted by Gasteiger charge is -2.40. The first-order valence-corrected chi connectivity index (χ1v) is 9.98. The summed E-state index contributed by atoms with van der Waals surface area (Å²) in [6.45, 7) is 1.08. The Morgan fingerprint density at radius 2 is 1.43 bits per heavy atom. The molecule has 0 spiro atoms. The van der Waals surface area contributed by atoms with E-state index < -0.39 is 11.6 Å². The molecule has 0 aliphatic carbocycles. The van der Waals surface area contributed by atoms with Crippen LogP contribution in [-0.2, 0) is 15.2 Å². The topological polar surface area (TPSA) is 60.9 Å². The highest BCUT2D eigenvalue weighted by atomic mass is 35.5. The van der Waals surface area contributed by atoms with E-state index in [1.807, 2.05) is 17.0 Å². The largest absolute Gasteiger partial charge is 0.385 e. The molecule has 1 atom stereocenters. The van der Waals surface area contributed by atoms with Gasteiger partial charge in [0.1, 0.15) is 0 Å². The molecule has 2 fully saturated rings. The van der Waals surface area contributed by atoms with Crippen molar-refractivity contribution in [3.8, 4) is 0 Å². The number of piperidine rings is 1. The molecule has 2 aromatic carbocycles. The Balaban J connectivity index is 1.46. The molecule has 146 valence electrons. The first kappa shape index (κ1) is 19.4. The van der Waals surface area contributed by atoms with Crippen LogP contribution >= 0.6 is 23.2 Å². The fourth-order valence-corrected chi connectivity index (χ4v) is 4.27. The number of imide groups is 1. The van der Waals surface area contributed by atoms with E-state index in [4.69, 9.17) is 23.2 Å². The van der Waals surface area contributed by atoms with Gasteiger partial charge < -0.3 is 5.11 Å². The number of aliphatic hydroxyl groups is 1. The zero-order valence-electron chi connectivity index (χ0n) is 15.1. The fourth-order valence-electron chi connectivity index (χ4n) is 4.02. The predicted molar refractivity (Wildman–Crippen MR) is 109 cm³/mol. The minimum absolute atomic E-state index is 0.154. The van der Waals surface area contributed by atoms with Crippen molar-refractivity contribution < 1.29 is 14.7 Å². The van der Waals surface area contributed by atoms with Gasteiger partial charge in [0.25, 0.3) is 5.91 Å². The molecule has 28 heavy (non-hydrogen) atoms. The molecule has 0 saturated carbocycles. The van der Waals surface area contributed by atoms with E-state index in [1.165, 1.54) is 4.90 Å². The maximum atomic E-state index is 12.9. The number of likely N-dealkylation sites (tertiary alicyclic amines) is 1. The molecule has 7 heteroatoms. The van der Waals surface area contributed by atoms with Crippen LogP contribution in [0.2, 0.25) is 10.0 Å². The Hall–Kier alpha value is -1.92. The molecule has 0 unspecified atom stereocenters. The summed E-state index contributed by atoms with van der Waals surface area (Å²) in [4.78, 5) is 28.6. The molecular formula is C21H20Cl2N2O3. The summed E-state index contributed by atoms with van der Waals surface area (Å²) in [6, 6.07) is 13.4. The lowest BCUT2D eigenvalue weighted by molar-refractivity contribution is -0.124. The first-order valence-electron chi connectivity index (χ1n) is 9.22. The van der Waals surface area contributed by atoms with Crippen LogP contribution in [-0.4, -0.2) is 41.0 Å². The van der Waals surface area contributed by atoms with Gasteiger partial charge in [-0.25, -0.2) is 4.90 Å². The van der Waals surface area contributed by atoms with Gasteiger partial charge in [-0.2, -0.15) is 0 Å². The molecule has 0 bridgehead atoms. The molecule has 2 amide bonds. The van der Waals surface area contributed by atoms with Crippen LogP contribution in [0.25, 0.3) is 0 Å². The molecule has 2 aliphatic rings. The standard InChI is InChI=1S/C21H20Cl2N2O3/c22-15-3-1-14(2-4-15)21(28)9-11-24(12-10-21)18-13-19(26)25(20(18)27)17-7-5-16(23)6-8-17/h1-8,18,28H,9-13H2/t18-/m1/s1. The van der Waals surface area contributed by atoms with Gasteiger partial charge in [-0.05, 0) is 54.8 Å². The Kier molecular flexibility index (Phi) is 5.19. The van der Waals surface area contributed by atoms with Gasteiger partial charge in [-0.1, -0.05) is 35.3 Å². The maximum Gasteiger partial charge on any atom is 0.251 e. The third-order valence-electron chi connectivity index (χ3n) is 5.66. The fraction of sp³-hybridized carbons (Fsp3) is 0.333. The second-order valence-electron chi connectivity index (χ2n) is 7.34. The second-order valence-corrected chi connectivity index (χ2v) is 8.21. The summed E-state index contributed by atoms with van der Waals surface area (Å²) in [5.74, 6) is -0.430. The first-order chi connectivity index (χ1) is 13.4. The molecule has 2 saturated heterocycles. The number of halogens is 2. The minimum Gasteiger partial charge on any atom is -0.385 e. The van der Waals surface area contributed by atoms with Crippen LogP contribution in [0.4, 0.5) is 5.69 Å². The highest BCUT2D eigenvalue weighted by molar-refractivity contribution is 6.31. The number of nitrogens with zero attached hydrogens (tertiary/aromatic N) is 2. The average molecular weight is 419 g/mol. The molecule has 2 heterocycles. The molecule has 0 radical (unpaired) electrons. The van der Waals surface area contributed by atoms with Crippen LogP contribution in [0.5, 0.6) is 0 Å². The molecule has 2 aliphatic heterocycles. The number of anilines is 1. The smallest absolute Gasteiger partial charge is 0.251 e. The predicted octanol–water partition coefficient (Wildman–Crippen LogP) is 3.61. The second kappa shape index (κ2) is 7.48. The van der Waals surface area contributed by atoms with Crippen molar-refractivity contribution in [2.24, 2.45) is 0 Å². The van der Waals surface area contributed by atoms with E-state index >= 15 is 0 Å². The monoisotopic (exact) mass is 418 g/mol. The van der Waals surface area contributed by atoms with Crippen LogP contribution < -0.4 is 4.90 Å². The molecule has 4 rings (SSSR count). The number of hydrogen-bond donors (Lipinski definition) is 1. The van der Waals surface area contributed by atoms with Gasteiger partial charge in [0.15, 0.2) is 0 Å². The zero-order chi connectivity index (χ0) is 19.9. The Morgan fingerprint density at radius 3 is 2.00 bits per heavy atom. The molecule has 2 aromatic rings. The van der Waals surface area contributed by atoms with Crippen molar-refractivity contribution in [3.05, 3.63) is 64.1 Å². The van der Waals surface area contributed by atoms with Crippen molar-refractivity contribution in [2.45, 2.75) is 30.9 Å². The number of rotatable bonds is 3. The third-order valence-corrected chi connectivity index (χ3v) is 6.16. The Labute approximate surface area is 173 Å². The molecule has 0 aromatic heterocycles. The van der Waals surface area contributed by atoms with Crippen molar-refractivity contribution in [1.82, 2.24) is 4.90 Å². The van der Waals surface area contributed by atoms with Gasteiger partial charge in [0, 0.05) is 23.1 Å². The van der Waals surface area contributed by atoms with Gasteiger partial charge in [-0.3, -0.25) is 14.5 Å². The van der Waals surface area contributed by atoms with E-state index in [0.717, 1.165) is 5.56 Å². The van der Waals surface area contributed by atoms with Crippen LogP contribution in [0.15, 0.2) is 48.5 Å². The van der Waals surface area contributed by atoms with Crippen molar-refractivity contribution in [2.75, 3.05) is 18.0 Å². The maximum absolute atomic E-state index is 12.9. The van der Waals surface area contributed by atoms with E-state index in [1.54, 1.807) is 36.4 Å². The number of carbonyl (C=O) groups is 2. The van der Waals surface area contributed by atoms with Crippen molar-refractivity contribution in [3.63, 3.8) is 0 Å². The van der Waals surface area contributed by atoms with Gasteiger partial charge in [0.2, 0.25) is 5.91 Å². The number of amides is 2. The number of benzene rings is 2. The van der Waals surface area contributed by atoms with Crippen LogP contribution in [0, 0.1) is 0 Å². The highest BCUT2D eigenvalue weighted by Gasteiger charge is 2.45. The normalized spacial score (nSPS) is 22.7. The van der Waals surface area contributed by atoms with Crippen LogP contribution in [0.1, 0.15) is 24.8 Å². The van der Waals surface area contributed by atoms with Gasteiger partial charge in [-0.15, -0.1) is 0 Å². The summed E-state index contributed by atoms with van der Waals surface area (Å²) < 4.78 is 0. The van der Waals surface area contributed by atoms with Crippen LogP contribution in [0.3, 0.4) is 0 Å². The van der Waals surface area contributed by atoms with E-state index in [9.17, 15) is 14.7 Å². The lowest BCUT2D eigenvalue weighted by Crippen LogP contribution is -2.49. The molecular weight excluding hydrogens is 399 g/mol. The van der Waals surface area contributed by atoms with Gasteiger partial charge in [0.05, 0.1) is 23.8 Å². The summed E-state index contributed by atoms with van der Waals surface area (Å²) >= 11 is 11.8. The summed E-state index contributed by atoms with van der Waals surface area (Å²) in [7, 11) is 0. The molecule has 1 N–H and O–H groups in total. The number of hydrogen-bond acceptors (Lipinski definition) is 4. The summed E-state index contributed by atoms with van der Waals surface area (Å²) in [6.07, 6.45) is 1.14. The summed E-state index contributed by atoms with van der Waals surface area (Å²) in [5, 5.41) is 12.2. The minimum atomic E-state index is -0.942. The average Bonchev–Trinajstić information content (AvgIpc) is 2.98.